The zero-order valence-electron chi connectivity index (χ0n) is 18.3. The highest BCUT2D eigenvalue weighted by molar-refractivity contribution is 6.47. The fraction of sp³-hybridized carbons (Fsp3) is 0.609. The number of Topliss-reactive ketones (excluding diaryl/α,β-unsaturated/α-hetero) is 3. The van der Waals surface area contributed by atoms with Crippen molar-refractivity contribution in [3.63, 3.8) is 0 Å². The molecule has 166 valence electrons. The number of carbonyl (C=O) groups excluding carboxylic acids is 5. The minimum atomic E-state index is -1.14. The number of ketones is 3. The molecule has 0 aromatic heterocycles. The van der Waals surface area contributed by atoms with Gasteiger partial charge in [-0.05, 0) is 18.9 Å². The largest absolute Gasteiger partial charge is 0.459 e. The Labute approximate surface area is 180 Å². The maximum Gasteiger partial charge on any atom is 0.309 e. The van der Waals surface area contributed by atoms with E-state index in [1.807, 2.05) is 0 Å². The molecule has 3 fully saturated rings. The molecule has 0 aromatic rings. The van der Waals surface area contributed by atoms with Crippen LogP contribution in [-0.2, 0) is 38.2 Å². The Kier molecular flexibility index (Phi) is 4.85. The SMILES string of the molecule is COC[C@H]1OC(=O)C(C)C2C(=O)C(=O)C3=C4CCC(=O)[C@@]4(C)CC(OC(C)=O)=C3[C@]21C. The molecule has 0 bridgehead atoms. The lowest BCUT2D eigenvalue weighted by atomic mass is 9.51. The van der Waals surface area contributed by atoms with Gasteiger partial charge in [0.25, 0.3) is 0 Å². The van der Waals surface area contributed by atoms with E-state index in [1.165, 1.54) is 14.0 Å². The van der Waals surface area contributed by atoms with E-state index in [2.05, 4.69) is 0 Å². The Morgan fingerprint density at radius 3 is 2.45 bits per heavy atom. The van der Waals surface area contributed by atoms with Crippen LogP contribution in [0.3, 0.4) is 0 Å². The van der Waals surface area contributed by atoms with Crippen molar-refractivity contribution in [3.8, 4) is 0 Å². The Hall–Kier alpha value is -2.61. The summed E-state index contributed by atoms with van der Waals surface area (Å²) in [4.78, 5) is 64.1. The molecule has 0 spiro atoms. The van der Waals surface area contributed by atoms with Gasteiger partial charge in [0.2, 0.25) is 11.6 Å². The molecule has 5 atom stereocenters. The van der Waals surface area contributed by atoms with E-state index in [9.17, 15) is 24.0 Å². The second-order valence-electron chi connectivity index (χ2n) is 9.30. The predicted molar refractivity (Wildman–Crippen MR) is 105 cm³/mol. The van der Waals surface area contributed by atoms with Gasteiger partial charge in [0.05, 0.1) is 23.9 Å². The smallest absolute Gasteiger partial charge is 0.309 e. The van der Waals surface area contributed by atoms with E-state index in [1.54, 1.807) is 20.8 Å². The summed E-state index contributed by atoms with van der Waals surface area (Å²) in [5.41, 5.74) is -0.973. The highest BCUT2D eigenvalue weighted by Gasteiger charge is 2.66. The molecule has 2 saturated carbocycles. The number of rotatable bonds is 3. The first kappa shape index (κ1) is 21.6. The lowest BCUT2D eigenvalue weighted by Crippen LogP contribution is -2.62. The van der Waals surface area contributed by atoms with Crippen LogP contribution in [0, 0.1) is 22.7 Å². The molecule has 8 heteroatoms. The van der Waals surface area contributed by atoms with Crippen LogP contribution in [0.15, 0.2) is 22.5 Å². The first-order chi connectivity index (χ1) is 14.5. The Balaban J connectivity index is 2.05. The molecule has 31 heavy (non-hydrogen) atoms. The summed E-state index contributed by atoms with van der Waals surface area (Å²) in [6.07, 6.45) is -0.123. The number of cyclic esters (lactones) is 1. The normalized spacial score (nSPS) is 37.4. The summed E-state index contributed by atoms with van der Waals surface area (Å²) >= 11 is 0. The highest BCUT2D eigenvalue weighted by atomic mass is 16.6. The van der Waals surface area contributed by atoms with Gasteiger partial charge in [-0.3, -0.25) is 24.0 Å². The van der Waals surface area contributed by atoms with Gasteiger partial charge in [0.1, 0.15) is 17.6 Å². The summed E-state index contributed by atoms with van der Waals surface area (Å²) in [6, 6.07) is 0. The van der Waals surface area contributed by atoms with Crippen LogP contribution in [0.5, 0.6) is 0 Å². The predicted octanol–water partition coefficient (Wildman–Crippen LogP) is 1.86. The molecule has 0 N–H and O–H groups in total. The number of ether oxygens (including phenoxy) is 3. The van der Waals surface area contributed by atoms with E-state index in [-0.39, 0.29) is 36.6 Å². The molecule has 1 aliphatic heterocycles. The lowest BCUT2D eigenvalue weighted by Gasteiger charge is -2.53. The number of allylic oxidation sites excluding steroid dienone is 3. The summed E-state index contributed by atoms with van der Waals surface area (Å²) in [5, 5.41) is 0. The Morgan fingerprint density at radius 2 is 1.84 bits per heavy atom. The van der Waals surface area contributed by atoms with Crippen LogP contribution >= 0.6 is 0 Å². The molecule has 1 saturated heterocycles. The van der Waals surface area contributed by atoms with Crippen LogP contribution in [0.2, 0.25) is 0 Å². The third-order valence-electron chi connectivity index (χ3n) is 7.53. The Bertz CT molecular complexity index is 1000. The minimum absolute atomic E-state index is 0.00257. The zero-order valence-corrected chi connectivity index (χ0v) is 18.3. The van der Waals surface area contributed by atoms with Gasteiger partial charge in [-0.25, -0.2) is 0 Å². The van der Waals surface area contributed by atoms with Crippen molar-refractivity contribution >= 4 is 29.3 Å². The number of hydrogen-bond acceptors (Lipinski definition) is 8. The molecular formula is C23H26O8. The van der Waals surface area contributed by atoms with Crippen molar-refractivity contribution in [2.45, 2.75) is 53.1 Å². The number of esters is 2. The van der Waals surface area contributed by atoms with Gasteiger partial charge in [0, 0.05) is 43.4 Å². The van der Waals surface area contributed by atoms with Gasteiger partial charge < -0.3 is 14.2 Å². The van der Waals surface area contributed by atoms with Crippen LogP contribution in [0.1, 0.15) is 47.0 Å². The molecule has 8 nitrogen and oxygen atoms in total. The van der Waals surface area contributed by atoms with Crippen molar-refractivity contribution in [2.24, 2.45) is 22.7 Å². The molecule has 4 aliphatic rings. The number of methoxy groups -OCH3 is 1. The Morgan fingerprint density at radius 1 is 1.16 bits per heavy atom. The van der Waals surface area contributed by atoms with Gasteiger partial charge in [0.15, 0.2) is 0 Å². The first-order valence-corrected chi connectivity index (χ1v) is 10.5. The molecule has 0 aromatic carbocycles. The number of fused-ring (bicyclic) bond motifs is 4. The second-order valence-corrected chi connectivity index (χ2v) is 9.30. The monoisotopic (exact) mass is 430 g/mol. The third-order valence-corrected chi connectivity index (χ3v) is 7.53. The topological polar surface area (TPSA) is 113 Å². The van der Waals surface area contributed by atoms with E-state index < -0.39 is 52.3 Å². The maximum absolute atomic E-state index is 13.4. The van der Waals surface area contributed by atoms with Gasteiger partial charge >= 0.3 is 11.9 Å². The standard InChI is InChI=1S/C23H26O8/c1-10-17-20(27)19(26)16-12-6-7-14(25)22(12,3)8-13(30-11(2)24)18(16)23(17,4)15(9-29-5)31-21(10)28/h10,15,17H,6-9H2,1-5H3/t10?,15-,17?,22+,23+/m1/s1. The van der Waals surface area contributed by atoms with Crippen LogP contribution in [-0.4, -0.2) is 49.1 Å². The average molecular weight is 430 g/mol. The molecule has 0 radical (unpaired) electrons. The van der Waals surface area contributed by atoms with Crippen LogP contribution in [0.4, 0.5) is 0 Å². The second kappa shape index (κ2) is 6.95. The van der Waals surface area contributed by atoms with Crippen molar-refractivity contribution in [1.29, 1.82) is 0 Å². The summed E-state index contributed by atoms with van der Waals surface area (Å²) in [5.74, 6) is -4.26. The van der Waals surface area contributed by atoms with E-state index in [4.69, 9.17) is 14.2 Å². The van der Waals surface area contributed by atoms with E-state index >= 15 is 0 Å². The zero-order chi connectivity index (χ0) is 22.9. The third kappa shape index (κ3) is 2.73. The van der Waals surface area contributed by atoms with Crippen molar-refractivity contribution < 1.29 is 38.2 Å². The molecule has 2 unspecified atom stereocenters. The molecule has 3 aliphatic carbocycles. The summed E-state index contributed by atoms with van der Waals surface area (Å²) in [6.45, 7) is 6.30. The lowest BCUT2D eigenvalue weighted by molar-refractivity contribution is -0.189. The van der Waals surface area contributed by atoms with Crippen LogP contribution in [0.25, 0.3) is 0 Å². The van der Waals surface area contributed by atoms with Gasteiger partial charge in [-0.1, -0.05) is 13.8 Å². The van der Waals surface area contributed by atoms with Gasteiger partial charge in [-0.15, -0.1) is 0 Å². The molecule has 0 amide bonds. The van der Waals surface area contributed by atoms with Crippen LogP contribution < -0.4 is 0 Å². The summed E-state index contributed by atoms with van der Waals surface area (Å²) in [7, 11) is 1.45. The maximum atomic E-state index is 13.4. The fourth-order valence-electron chi connectivity index (χ4n) is 6.01. The van der Waals surface area contributed by atoms with Gasteiger partial charge in [-0.2, -0.15) is 0 Å². The number of carbonyl (C=O) groups is 5. The van der Waals surface area contributed by atoms with E-state index in [0.29, 0.717) is 17.6 Å². The molecule has 4 rings (SSSR count). The van der Waals surface area contributed by atoms with Crippen molar-refractivity contribution in [1.82, 2.24) is 0 Å². The van der Waals surface area contributed by atoms with Crippen molar-refractivity contribution in [3.05, 3.63) is 22.5 Å². The van der Waals surface area contributed by atoms with E-state index in [0.717, 1.165) is 0 Å². The van der Waals surface area contributed by atoms with Crippen molar-refractivity contribution in [2.75, 3.05) is 13.7 Å². The molecular weight excluding hydrogens is 404 g/mol. The first-order valence-electron chi connectivity index (χ1n) is 10.5. The highest BCUT2D eigenvalue weighted by Crippen LogP contribution is 2.61. The summed E-state index contributed by atoms with van der Waals surface area (Å²) < 4.78 is 16.5. The number of hydrogen-bond donors (Lipinski definition) is 0. The molecule has 1 heterocycles. The minimum Gasteiger partial charge on any atom is -0.459 e. The quantitative estimate of drug-likeness (QED) is 0.492. The fourth-order valence-corrected chi connectivity index (χ4v) is 6.01. The average Bonchev–Trinajstić information content (AvgIpc) is 2.97.